The Balaban J connectivity index is 1.07. The summed E-state index contributed by atoms with van der Waals surface area (Å²) >= 11 is 0. The summed E-state index contributed by atoms with van der Waals surface area (Å²) in [5.41, 5.74) is -1.72. The molecule has 7 aliphatic rings. The van der Waals surface area contributed by atoms with Gasteiger partial charge in [-0.2, -0.15) is 0 Å². The number of fused-ring (bicyclic) bond motifs is 3. The van der Waals surface area contributed by atoms with Crippen LogP contribution in [-0.4, -0.2) is 180 Å². The van der Waals surface area contributed by atoms with Crippen LogP contribution in [0.5, 0.6) is 0 Å². The molecule has 0 radical (unpaired) electrons. The van der Waals surface area contributed by atoms with Crippen LogP contribution in [0, 0.1) is 28.1 Å². The molecule has 21 unspecified atom stereocenters. The Kier molecular flexibility index (Phi) is 11.9. The van der Waals surface area contributed by atoms with E-state index in [0.717, 1.165) is 24.8 Å². The molecule has 11 N–H and O–H groups in total. The van der Waals surface area contributed by atoms with Crippen LogP contribution in [0.25, 0.3) is 0 Å². The van der Waals surface area contributed by atoms with Crippen molar-refractivity contribution in [1.82, 2.24) is 0 Å². The van der Waals surface area contributed by atoms with Crippen molar-refractivity contribution in [3.63, 3.8) is 0 Å². The Labute approximate surface area is 324 Å². The minimum absolute atomic E-state index is 0.116. The van der Waals surface area contributed by atoms with Gasteiger partial charge < -0.3 is 84.6 Å². The molecule has 2 bridgehead atoms. The first-order valence-electron chi connectivity index (χ1n) is 19.9. The molecule has 18 heteroatoms. The number of aliphatic hydroxyl groups is 11. The normalized spacial score (nSPS) is 54.6. The Morgan fingerprint density at radius 1 is 0.679 bits per heavy atom. The minimum Gasteiger partial charge on any atom is -0.432 e. The lowest BCUT2D eigenvalue weighted by molar-refractivity contribution is -0.369. The lowest BCUT2D eigenvalue weighted by atomic mass is 9.41. The fourth-order valence-corrected chi connectivity index (χ4v) is 12.0. The van der Waals surface area contributed by atoms with E-state index in [4.69, 9.17) is 28.4 Å². The molecule has 21 atom stereocenters. The summed E-state index contributed by atoms with van der Waals surface area (Å²) < 4.78 is 35.1. The topological polar surface area (TPSA) is 295 Å². The van der Waals surface area contributed by atoms with Gasteiger partial charge in [-0.3, -0.25) is 4.79 Å². The molecule has 18 nitrogen and oxygen atoms in total. The van der Waals surface area contributed by atoms with Crippen LogP contribution in [0.2, 0.25) is 0 Å². The van der Waals surface area contributed by atoms with E-state index in [-0.39, 0.29) is 22.7 Å². The smallest absolute Gasteiger partial charge is 0.314 e. The van der Waals surface area contributed by atoms with Gasteiger partial charge in [0.05, 0.1) is 30.8 Å². The third kappa shape index (κ3) is 6.69. The average molecular weight is 805 g/mol. The molecule has 4 saturated carbocycles. The Bertz CT molecular complexity index is 1450. The summed E-state index contributed by atoms with van der Waals surface area (Å²) in [6.07, 6.45) is -17.7. The van der Waals surface area contributed by atoms with E-state index in [1.165, 1.54) is 0 Å². The molecule has 7 rings (SSSR count). The maximum atomic E-state index is 14.1. The van der Waals surface area contributed by atoms with E-state index in [2.05, 4.69) is 13.5 Å². The number of esters is 1. The molecular weight excluding hydrogens is 744 g/mol. The molecule has 0 aromatic heterocycles. The van der Waals surface area contributed by atoms with Crippen molar-refractivity contribution in [1.29, 1.82) is 0 Å². The molecule has 0 amide bonds. The van der Waals surface area contributed by atoms with Crippen LogP contribution in [0.15, 0.2) is 12.2 Å². The van der Waals surface area contributed by atoms with Crippen molar-refractivity contribution in [2.75, 3.05) is 19.8 Å². The van der Waals surface area contributed by atoms with Gasteiger partial charge in [-0.1, -0.05) is 19.9 Å². The van der Waals surface area contributed by atoms with Gasteiger partial charge >= 0.3 is 5.97 Å². The van der Waals surface area contributed by atoms with Crippen LogP contribution < -0.4 is 0 Å². The number of carbonyl (C=O) groups excluding carboxylic acids is 1. The summed E-state index contributed by atoms with van der Waals surface area (Å²) in [6, 6.07) is 0. The van der Waals surface area contributed by atoms with Gasteiger partial charge in [0.15, 0.2) is 12.6 Å². The Morgan fingerprint density at radius 2 is 1.23 bits per heavy atom. The summed E-state index contributed by atoms with van der Waals surface area (Å²) in [6.45, 7) is 6.50. The highest BCUT2D eigenvalue weighted by molar-refractivity contribution is 5.77. The van der Waals surface area contributed by atoms with Gasteiger partial charge in [-0.15, -0.1) is 0 Å². The van der Waals surface area contributed by atoms with E-state index in [1.807, 2.05) is 6.92 Å². The first-order valence-corrected chi connectivity index (χ1v) is 19.9. The number of hydrogen-bond donors (Lipinski definition) is 11. The molecule has 3 aliphatic heterocycles. The SMILES string of the molecule is C=C1CC23CCC4C(C)(C(=O)OC5OC(CO)C(O)C(O)C5O)CCCC4(C)C2CCC1(OC1OC(CO)C(O)C(OC2OC(CO)C(O)C(O)C2O)C1O)C3. The molecule has 3 heterocycles. The Hall–Kier alpha value is -1.43. The predicted molar refractivity (Wildman–Crippen MR) is 186 cm³/mol. The summed E-state index contributed by atoms with van der Waals surface area (Å²) in [5.74, 6) is -0.562. The van der Waals surface area contributed by atoms with Gasteiger partial charge in [0.25, 0.3) is 0 Å². The van der Waals surface area contributed by atoms with E-state index in [1.54, 1.807) is 0 Å². The molecule has 1 spiro atoms. The summed E-state index contributed by atoms with van der Waals surface area (Å²) in [7, 11) is 0. The third-order valence-corrected chi connectivity index (χ3v) is 15.0. The van der Waals surface area contributed by atoms with Gasteiger partial charge in [0.2, 0.25) is 6.29 Å². The molecule has 320 valence electrons. The van der Waals surface area contributed by atoms with Gasteiger partial charge in [0.1, 0.15) is 73.2 Å². The highest BCUT2D eigenvalue weighted by Gasteiger charge is 2.69. The second-order valence-electron chi connectivity index (χ2n) is 18.0. The molecule has 0 aromatic carbocycles. The van der Waals surface area contributed by atoms with E-state index >= 15 is 0 Å². The fraction of sp³-hybridized carbons (Fsp3) is 0.921. The summed E-state index contributed by atoms with van der Waals surface area (Å²) in [4.78, 5) is 14.1. The van der Waals surface area contributed by atoms with Crippen molar-refractivity contribution in [2.24, 2.45) is 28.1 Å². The second-order valence-corrected chi connectivity index (χ2v) is 18.0. The number of hydrogen-bond acceptors (Lipinski definition) is 18. The quantitative estimate of drug-likeness (QED) is 0.0631. The standard InChI is InChI=1S/C38H60O18/c1-16-11-37-9-5-20-35(2,7-4-8-36(20,3)34(50)55-32-28(48)26(46)23(43)18(13-40)52-32)21(37)6-10-38(16,15-37)56-33-29(49)30(24(44)19(14-41)53-33)54-31-27(47)25(45)22(42)17(12-39)51-31/h17-33,39-49H,1,4-15H2,2-3H3. The number of aliphatic hydroxyl groups excluding tert-OH is 11. The Morgan fingerprint density at radius 3 is 1.86 bits per heavy atom. The van der Waals surface area contributed by atoms with Crippen molar-refractivity contribution in [3.05, 3.63) is 12.2 Å². The third-order valence-electron chi connectivity index (χ3n) is 15.0. The van der Waals surface area contributed by atoms with Crippen molar-refractivity contribution in [3.8, 4) is 0 Å². The highest BCUT2D eigenvalue weighted by atomic mass is 16.7. The van der Waals surface area contributed by atoms with Gasteiger partial charge in [-0.25, -0.2) is 0 Å². The first kappa shape index (κ1) is 42.7. The van der Waals surface area contributed by atoms with Gasteiger partial charge in [-0.05, 0) is 86.5 Å². The van der Waals surface area contributed by atoms with Gasteiger partial charge in [0, 0.05) is 0 Å². The van der Waals surface area contributed by atoms with Crippen LogP contribution in [0.3, 0.4) is 0 Å². The van der Waals surface area contributed by atoms with E-state index < -0.39 is 129 Å². The monoisotopic (exact) mass is 804 g/mol. The number of carbonyl (C=O) groups is 1. The second kappa shape index (κ2) is 15.6. The van der Waals surface area contributed by atoms with Crippen molar-refractivity contribution in [2.45, 2.75) is 169 Å². The van der Waals surface area contributed by atoms with Crippen LogP contribution in [0.4, 0.5) is 0 Å². The van der Waals surface area contributed by atoms with Crippen LogP contribution >= 0.6 is 0 Å². The van der Waals surface area contributed by atoms with Crippen molar-refractivity contribution >= 4 is 5.97 Å². The summed E-state index contributed by atoms with van der Waals surface area (Å²) in [5, 5.41) is 114. The maximum absolute atomic E-state index is 14.1. The van der Waals surface area contributed by atoms with Crippen molar-refractivity contribution < 1.29 is 89.4 Å². The fourth-order valence-electron chi connectivity index (χ4n) is 12.0. The lowest BCUT2D eigenvalue weighted by Gasteiger charge is -2.64. The number of rotatable bonds is 9. The first-order chi connectivity index (χ1) is 26.4. The minimum atomic E-state index is -1.81. The van der Waals surface area contributed by atoms with Crippen LogP contribution in [0.1, 0.15) is 71.6 Å². The predicted octanol–water partition coefficient (Wildman–Crippen LogP) is -2.94. The highest BCUT2D eigenvalue weighted by Crippen LogP contribution is 2.73. The molecular formula is C38H60O18. The maximum Gasteiger partial charge on any atom is 0.314 e. The zero-order chi connectivity index (χ0) is 40.7. The molecule has 7 fully saturated rings. The van der Waals surface area contributed by atoms with E-state index in [0.29, 0.717) is 38.5 Å². The van der Waals surface area contributed by atoms with Crippen LogP contribution in [-0.2, 0) is 33.2 Å². The zero-order valence-corrected chi connectivity index (χ0v) is 31.8. The molecule has 56 heavy (non-hydrogen) atoms. The number of ether oxygens (including phenoxy) is 6. The molecule has 0 aromatic rings. The zero-order valence-electron chi connectivity index (χ0n) is 31.8. The lowest BCUT2D eigenvalue weighted by Crippen LogP contribution is -2.65. The molecule has 4 aliphatic carbocycles. The molecule has 3 saturated heterocycles. The largest absolute Gasteiger partial charge is 0.432 e. The average Bonchev–Trinajstić information content (AvgIpc) is 3.37. The van der Waals surface area contributed by atoms with E-state index in [9.17, 15) is 61.0 Å².